The SMILES string of the molecule is CC(C)(C)c1ccc(N(c2ccc3c(c2)oc2cc4ccccc4cc23)c2ccc3ccccc3c2-c2cccc3c2sc2ccccc23)cc1. The van der Waals surface area contributed by atoms with Crippen LogP contribution in [0.5, 0.6) is 0 Å². The molecule has 0 amide bonds. The third kappa shape index (κ3) is 4.84. The highest BCUT2D eigenvalue weighted by Gasteiger charge is 2.23. The van der Waals surface area contributed by atoms with Crippen LogP contribution in [0, 0.1) is 0 Å². The van der Waals surface area contributed by atoms with Crippen LogP contribution in [0.4, 0.5) is 17.1 Å². The van der Waals surface area contributed by atoms with Gasteiger partial charge in [0, 0.05) is 59.5 Å². The van der Waals surface area contributed by atoms with Crippen LogP contribution in [0.3, 0.4) is 0 Å². The summed E-state index contributed by atoms with van der Waals surface area (Å²) < 4.78 is 9.25. The number of thiophene rings is 1. The van der Waals surface area contributed by atoms with E-state index in [4.69, 9.17) is 4.42 Å². The van der Waals surface area contributed by atoms with Gasteiger partial charge in [-0.25, -0.2) is 0 Å². The van der Waals surface area contributed by atoms with E-state index in [-0.39, 0.29) is 5.41 Å². The first-order valence-corrected chi connectivity index (χ1v) is 18.4. The Morgan fingerprint density at radius 1 is 0.490 bits per heavy atom. The van der Waals surface area contributed by atoms with E-state index in [1.165, 1.54) is 58.4 Å². The molecule has 8 aromatic carbocycles. The van der Waals surface area contributed by atoms with Crippen molar-refractivity contribution < 1.29 is 4.42 Å². The largest absolute Gasteiger partial charge is 0.456 e. The molecule has 3 heteroatoms. The van der Waals surface area contributed by atoms with Gasteiger partial charge in [-0.05, 0) is 81.1 Å². The second kappa shape index (κ2) is 11.3. The first-order valence-electron chi connectivity index (χ1n) is 17.6. The molecule has 10 aromatic rings. The lowest BCUT2D eigenvalue weighted by Crippen LogP contribution is -2.14. The molecule has 0 saturated heterocycles. The summed E-state index contributed by atoms with van der Waals surface area (Å²) in [5.74, 6) is 0. The van der Waals surface area contributed by atoms with Crippen LogP contribution >= 0.6 is 11.3 Å². The van der Waals surface area contributed by atoms with Gasteiger partial charge in [-0.2, -0.15) is 0 Å². The Kier molecular flexibility index (Phi) is 6.65. The number of hydrogen-bond acceptors (Lipinski definition) is 3. The van der Waals surface area contributed by atoms with Crippen LogP contribution in [0.25, 0.3) is 74.8 Å². The molecule has 0 aliphatic carbocycles. The third-order valence-electron chi connectivity index (χ3n) is 10.4. The molecule has 0 aliphatic heterocycles. The van der Waals surface area contributed by atoms with Gasteiger partial charge < -0.3 is 9.32 Å². The molecule has 244 valence electrons. The van der Waals surface area contributed by atoms with E-state index >= 15 is 0 Å². The number of hydrogen-bond donors (Lipinski definition) is 0. The molecule has 51 heavy (non-hydrogen) atoms. The van der Waals surface area contributed by atoms with Gasteiger partial charge >= 0.3 is 0 Å². The van der Waals surface area contributed by atoms with Crippen molar-refractivity contribution in [3.63, 3.8) is 0 Å². The molecule has 0 spiro atoms. The number of rotatable bonds is 4. The van der Waals surface area contributed by atoms with E-state index < -0.39 is 0 Å². The zero-order valence-corrected chi connectivity index (χ0v) is 29.6. The lowest BCUT2D eigenvalue weighted by molar-refractivity contribution is 0.590. The minimum Gasteiger partial charge on any atom is -0.456 e. The fraction of sp³-hybridized carbons (Fsp3) is 0.0833. The molecule has 2 aromatic heterocycles. The predicted octanol–water partition coefficient (Wildman–Crippen LogP) is 14.7. The van der Waals surface area contributed by atoms with E-state index in [2.05, 4.69) is 183 Å². The Bertz CT molecular complexity index is 2960. The van der Waals surface area contributed by atoms with E-state index in [9.17, 15) is 0 Å². The highest BCUT2D eigenvalue weighted by molar-refractivity contribution is 7.26. The van der Waals surface area contributed by atoms with E-state index in [0.29, 0.717) is 0 Å². The lowest BCUT2D eigenvalue weighted by atomic mass is 9.87. The smallest absolute Gasteiger partial charge is 0.137 e. The van der Waals surface area contributed by atoms with Crippen molar-refractivity contribution in [2.24, 2.45) is 0 Å². The maximum Gasteiger partial charge on any atom is 0.137 e. The summed E-state index contributed by atoms with van der Waals surface area (Å²) in [4.78, 5) is 2.42. The molecule has 2 heterocycles. The Morgan fingerprint density at radius 2 is 1.16 bits per heavy atom. The average molecular weight is 674 g/mol. The molecule has 0 saturated carbocycles. The standard InChI is InChI=1S/C48H35NOS/c1-48(2,3)33-20-22-34(23-21-33)49(35-24-25-37-41-27-31-12-4-5-13-32(31)28-43(41)50-44(37)29-35)42-26-19-30-11-6-7-14-36(30)46(42)40-17-10-16-39-38-15-8-9-18-45(38)51-47(39)40/h4-29H,1-3H3. The van der Waals surface area contributed by atoms with Gasteiger partial charge in [-0.3, -0.25) is 0 Å². The lowest BCUT2D eigenvalue weighted by Gasteiger charge is -2.29. The van der Waals surface area contributed by atoms with Crippen LogP contribution in [-0.4, -0.2) is 0 Å². The Balaban J connectivity index is 1.26. The first kappa shape index (κ1) is 30.0. The number of nitrogens with zero attached hydrogens (tertiary/aromatic N) is 1. The Morgan fingerprint density at radius 3 is 1.96 bits per heavy atom. The van der Waals surface area contributed by atoms with Crippen molar-refractivity contribution in [1.29, 1.82) is 0 Å². The molecule has 0 bridgehead atoms. The van der Waals surface area contributed by atoms with Gasteiger partial charge in [-0.15, -0.1) is 11.3 Å². The van der Waals surface area contributed by atoms with E-state index in [0.717, 1.165) is 39.0 Å². The zero-order chi connectivity index (χ0) is 34.3. The number of benzene rings is 8. The van der Waals surface area contributed by atoms with Gasteiger partial charge in [0.1, 0.15) is 11.2 Å². The zero-order valence-electron chi connectivity index (χ0n) is 28.8. The topological polar surface area (TPSA) is 16.4 Å². The molecular weight excluding hydrogens is 639 g/mol. The minimum atomic E-state index is 0.0466. The predicted molar refractivity (Wildman–Crippen MR) is 220 cm³/mol. The van der Waals surface area contributed by atoms with Crippen LogP contribution < -0.4 is 4.90 Å². The van der Waals surface area contributed by atoms with Crippen LogP contribution in [0.15, 0.2) is 162 Å². The summed E-state index contributed by atoms with van der Waals surface area (Å²) in [6.45, 7) is 6.81. The summed E-state index contributed by atoms with van der Waals surface area (Å²) in [5.41, 5.74) is 8.88. The number of anilines is 3. The highest BCUT2D eigenvalue weighted by atomic mass is 32.1. The summed E-state index contributed by atoms with van der Waals surface area (Å²) >= 11 is 1.88. The minimum absolute atomic E-state index is 0.0466. The van der Waals surface area contributed by atoms with E-state index in [1.54, 1.807) is 0 Å². The maximum absolute atomic E-state index is 6.64. The number of furan rings is 1. The first-order chi connectivity index (χ1) is 24.9. The van der Waals surface area contributed by atoms with Crippen molar-refractivity contribution in [2.75, 3.05) is 4.90 Å². The highest BCUT2D eigenvalue weighted by Crippen LogP contribution is 2.49. The van der Waals surface area contributed by atoms with Crippen LogP contribution in [-0.2, 0) is 5.41 Å². The van der Waals surface area contributed by atoms with Gasteiger partial charge in [0.2, 0.25) is 0 Å². The third-order valence-corrected chi connectivity index (χ3v) is 11.6. The van der Waals surface area contributed by atoms with Gasteiger partial charge in [0.05, 0.1) is 5.69 Å². The monoisotopic (exact) mass is 673 g/mol. The molecule has 0 unspecified atom stereocenters. The molecular formula is C48H35NOS. The van der Waals surface area contributed by atoms with Crippen LogP contribution in [0.1, 0.15) is 26.3 Å². The second-order valence-corrected chi connectivity index (χ2v) is 15.6. The van der Waals surface area contributed by atoms with Gasteiger partial charge in [0.15, 0.2) is 0 Å². The summed E-state index contributed by atoms with van der Waals surface area (Å²) in [5, 5.41) is 9.71. The Hall–Kier alpha value is -5.90. The molecule has 0 fully saturated rings. The van der Waals surface area contributed by atoms with Crippen molar-refractivity contribution in [1.82, 2.24) is 0 Å². The average Bonchev–Trinajstić information content (AvgIpc) is 3.71. The molecule has 0 N–H and O–H groups in total. The van der Waals surface area contributed by atoms with Gasteiger partial charge in [-0.1, -0.05) is 124 Å². The summed E-state index contributed by atoms with van der Waals surface area (Å²) in [6, 6.07) is 57.6. The van der Waals surface area contributed by atoms with E-state index in [1.807, 2.05) is 11.3 Å². The maximum atomic E-state index is 6.64. The van der Waals surface area contributed by atoms with Crippen molar-refractivity contribution >= 4 is 92.1 Å². The Labute approximate surface area is 300 Å². The number of fused-ring (bicyclic) bond motifs is 8. The fourth-order valence-electron chi connectivity index (χ4n) is 7.80. The molecule has 10 rings (SSSR count). The molecule has 0 aliphatic rings. The fourth-order valence-corrected chi connectivity index (χ4v) is 9.02. The van der Waals surface area contributed by atoms with Crippen molar-refractivity contribution in [2.45, 2.75) is 26.2 Å². The molecule has 0 atom stereocenters. The summed E-state index contributed by atoms with van der Waals surface area (Å²) in [7, 11) is 0. The molecule has 0 radical (unpaired) electrons. The quantitative estimate of drug-likeness (QED) is 0.185. The van der Waals surface area contributed by atoms with Crippen LogP contribution in [0.2, 0.25) is 0 Å². The van der Waals surface area contributed by atoms with Crippen molar-refractivity contribution in [3.05, 3.63) is 163 Å². The normalized spacial score (nSPS) is 12.2. The summed E-state index contributed by atoms with van der Waals surface area (Å²) in [6.07, 6.45) is 0. The second-order valence-electron chi connectivity index (χ2n) is 14.6. The van der Waals surface area contributed by atoms with Gasteiger partial charge in [0.25, 0.3) is 0 Å². The van der Waals surface area contributed by atoms with Crippen molar-refractivity contribution in [3.8, 4) is 11.1 Å². The molecule has 2 nitrogen and oxygen atoms in total.